The highest BCUT2D eigenvalue weighted by molar-refractivity contribution is 5.68. The molecular formula is C17H19NO. The van der Waals surface area contributed by atoms with Gasteiger partial charge in [-0.2, -0.15) is 0 Å². The molecule has 19 heavy (non-hydrogen) atoms. The van der Waals surface area contributed by atoms with Crippen LogP contribution in [0.2, 0.25) is 0 Å². The summed E-state index contributed by atoms with van der Waals surface area (Å²) in [5, 5.41) is 0. The highest BCUT2D eigenvalue weighted by Gasteiger charge is 2.24. The molecule has 1 heterocycles. The number of methoxy groups -OCH3 is 1. The maximum Gasteiger partial charge on any atom is 0.119 e. The number of aryl methyl sites for hydroxylation is 1. The first-order valence-corrected chi connectivity index (χ1v) is 6.89. The van der Waals surface area contributed by atoms with E-state index in [0.717, 1.165) is 11.4 Å². The predicted octanol–water partition coefficient (Wildman–Crippen LogP) is 4.33. The van der Waals surface area contributed by atoms with Gasteiger partial charge in [-0.15, -0.1) is 0 Å². The predicted molar refractivity (Wildman–Crippen MR) is 77.6 cm³/mol. The highest BCUT2D eigenvalue weighted by atomic mass is 16.5. The second-order valence-corrected chi connectivity index (χ2v) is 5.25. The molecule has 0 radical (unpaired) electrons. The lowest BCUT2D eigenvalue weighted by atomic mass is 9.77. The fraction of sp³-hybridized carbons (Fsp3) is 0.353. The largest absolute Gasteiger partial charge is 0.497 e. The molecule has 0 atom stereocenters. The molecule has 1 aliphatic rings. The minimum absolute atomic E-state index is 0.673. The molecule has 1 fully saturated rings. The SMILES string of the molecule is COc1ccc(-c2ncccc2C)c(C2CCC2)c1. The van der Waals surface area contributed by atoms with Gasteiger partial charge in [-0.1, -0.05) is 12.5 Å². The van der Waals surface area contributed by atoms with Crippen LogP contribution in [0.4, 0.5) is 0 Å². The maximum atomic E-state index is 5.37. The number of aromatic nitrogens is 1. The number of ether oxygens (including phenoxy) is 1. The van der Waals surface area contributed by atoms with Gasteiger partial charge >= 0.3 is 0 Å². The molecule has 0 amide bonds. The van der Waals surface area contributed by atoms with Crippen molar-refractivity contribution in [3.8, 4) is 17.0 Å². The van der Waals surface area contributed by atoms with Crippen LogP contribution in [-0.2, 0) is 0 Å². The summed E-state index contributed by atoms with van der Waals surface area (Å²) < 4.78 is 5.37. The molecule has 0 N–H and O–H groups in total. The molecule has 0 saturated heterocycles. The van der Waals surface area contributed by atoms with Gasteiger partial charge in [0.15, 0.2) is 0 Å². The number of hydrogen-bond donors (Lipinski definition) is 0. The molecule has 0 unspecified atom stereocenters. The Morgan fingerprint density at radius 1 is 1.21 bits per heavy atom. The number of pyridine rings is 1. The number of rotatable bonds is 3. The Hall–Kier alpha value is -1.83. The summed E-state index contributed by atoms with van der Waals surface area (Å²) in [7, 11) is 1.73. The van der Waals surface area contributed by atoms with Gasteiger partial charge in [0.2, 0.25) is 0 Å². The van der Waals surface area contributed by atoms with Crippen LogP contribution in [0.3, 0.4) is 0 Å². The lowest BCUT2D eigenvalue weighted by molar-refractivity contribution is 0.403. The van der Waals surface area contributed by atoms with Crippen molar-refractivity contribution in [2.24, 2.45) is 0 Å². The third-order valence-electron chi connectivity index (χ3n) is 4.07. The first kappa shape index (κ1) is 12.2. The summed E-state index contributed by atoms with van der Waals surface area (Å²) in [6, 6.07) is 10.5. The van der Waals surface area contributed by atoms with Crippen molar-refractivity contribution >= 4 is 0 Å². The average molecular weight is 253 g/mol. The van der Waals surface area contributed by atoms with Crippen LogP contribution in [-0.4, -0.2) is 12.1 Å². The summed E-state index contributed by atoms with van der Waals surface area (Å²) in [5.74, 6) is 1.62. The van der Waals surface area contributed by atoms with E-state index in [-0.39, 0.29) is 0 Å². The summed E-state index contributed by atoms with van der Waals surface area (Å²) >= 11 is 0. The van der Waals surface area contributed by atoms with Gasteiger partial charge < -0.3 is 4.74 Å². The van der Waals surface area contributed by atoms with Crippen LogP contribution in [0.1, 0.15) is 36.3 Å². The molecule has 98 valence electrons. The average Bonchev–Trinajstić information content (AvgIpc) is 2.38. The Kier molecular flexibility index (Phi) is 3.24. The van der Waals surface area contributed by atoms with Gasteiger partial charge in [0.25, 0.3) is 0 Å². The molecule has 3 rings (SSSR count). The molecular weight excluding hydrogens is 234 g/mol. The minimum atomic E-state index is 0.673. The summed E-state index contributed by atoms with van der Waals surface area (Å²) in [6.07, 6.45) is 5.78. The van der Waals surface area contributed by atoms with E-state index in [1.54, 1.807) is 7.11 Å². The fourth-order valence-corrected chi connectivity index (χ4v) is 2.71. The van der Waals surface area contributed by atoms with E-state index < -0.39 is 0 Å². The van der Waals surface area contributed by atoms with Crippen LogP contribution in [0.25, 0.3) is 11.3 Å². The van der Waals surface area contributed by atoms with E-state index >= 15 is 0 Å². The Morgan fingerprint density at radius 2 is 2.05 bits per heavy atom. The number of nitrogens with zero attached hydrogens (tertiary/aromatic N) is 1. The third-order valence-corrected chi connectivity index (χ3v) is 4.07. The van der Waals surface area contributed by atoms with Gasteiger partial charge in [-0.05, 0) is 61.1 Å². The van der Waals surface area contributed by atoms with Crippen LogP contribution >= 0.6 is 0 Å². The Balaban J connectivity index is 2.12. The summed E-state index contributed by atoms with van der Waals surface area (Å²) in [6.45, 7) is 2.12. The lowest BCUT2D eigenvalue weighted by Gasteiger charge is -2.28. The topological polar surface area (TPSA) is 22.1 Å². The van der Waals surface area contributed by atoms with Gasteiger partial charge in [-0.3, -0.25) is 4.98 Å². The lowest BCUT2D eigenvalue weighted by Crippen LogP contribution is -2.10. The van der Waals surface area contributed by atoms with Gasteiger partial charge in [0, 0.05) is 11.8 Å². The summed E-state index contributed by atoms with van der Waals surface area (Å²) in [5.41, 5.74) is 5.00. The maximum absolute atomic E-state index is 5.37. The Labute approximate surface area is 114 Å². The fourth-order valence-electron chi connectivity index (χ4n) is 2.71. The molecule has 1 aromatic heterocycles. The number of benzene rings is 1. The highest BCUT2D eigenvalue weighted by Crippen LogP contribution is 2.42. The van der Waals surface area contributed by atoms with E-state index in [4.69, 9.17) is 4.74 Å². The smallest absolute Gasteiger partial charge is 0.119 e. The quantitative estimate of drug-likeness (QED) is 0.812. The first-order valence-electron chi connectivity index (χ1n) is 6.89. The van der Waals surface area contributed by atoms with E-state index in [2.05, 4.69) is 30.1 Å². The van der Waals surface area contributed by atoms with E-state index in [9.17, 15) is 0 Å². The van der Waals surface area contributed by atoms with Crippen LogP contribution < -0.4 is 4.74 Å². The zero-order chi connectivity index (χ0) is 13.2. The molecule has 1 aliphatic carbocycles. The molecule has 2 aromatic rings. The van der Waals surface area contributed by atoms with E-state index in [1.807, 2.05) is 18.3 Å². The van der Waals surface area contributed by atoms with Crippen LogP contribution in [0.15, 0.2) is 36.5 Å². The second kappa shape index (κ2) is 5.04. The third kappa shape index (κ3) is 2.23. The van der Waals surface area contributed by atoms with Gasteiger partial charge in [0.1, 0.15) is 5.75 Å². The van der Waals surface area contributed by atoms with E-state index in [1.165, 1.54) is 36.0 Å². The first-order chi connectivity index (χ1) is 9.29. The van der Waals surface area contributed by atoms with Crippen molar-refractivity contribution in [2.45, 2.75) is 32.1 Å². The van der Waals surface area contributed by atoms with Crippen molar-refractivity contribution in [1.29, 1.82) is 0 Å². The Morgan fingerprint density at radius 3 is 2.68 bits per heavy atom. The monoisotopic (exact) mass is 253 g/mol. The van der Waals surface area contributed by atoms with Gasteiger partial charge in [0.05, 0.1) is 12.8 Å². The Bertz CT molecular complexity index is 588. The van der Waals surface area contributed by atoms with Crippen LogP contribution in [0, 0.1) is 6.92 Å². The molecule has 0 spiro atoms. The van der Waals surface area contributed by atoms with Crippen molar-refractivity contribution in [2.75, 3.05) is 7.11 Å². The minimum Gasteiger partial charge on any atom is -0.497 e. The molecule has 0 bridgehead atoms. The zero-order valence-corrected chi connectivity index (χ0v) is 11.5. The van der Waals surface area contributed by atoms with E-state index in [0.29, 0.717) is 5.92 Å². The second-order valence-electron chi connectivity index (χ2n) is 5.25. The van der Waals surface area contributed by atoms with Gasteiger partial charge in [-0.25, -0.2) is 0 Å². The summed E-state index contributed by atoms with van der Waals surface area (Å²) in [4.78, 5) is 4.56. The van der Waals surface area contributed by atoms with Crippen molar-refractivity contribution < 1.29 is 4.74 Å². The molecule has 0 aliphatic heterocycles. The molecule has 2 nitrogen and oxygen atoms in total. The van der Waals surface area contributed by atoms with Crippen LogP contribution in [0.5, 0.6) is 5.75 Å². The number of hydrogen-bond acceptors (Lipinski definition) is 2. The molecule has 1 saturated carbocycles. The van der Waals surface area contributed by atoms with Crippen molar-refractivity contribution in [3.05, 3.63) is 47.7 Å². The molecule has 1 aromatic carbocycles. The zero-order valence-electron chi connectivity index (χ0n) is 11.5. The molecule has 2 heteroatoms. The normalized spacial score (nSPS) is 15.1. The van der Waals surface area contributed by atoms with Crippen molar-refractivity contribution in [3.63, 3.8) is 0 Å². The van der Waals surface area contributed by atoms with Crippen molar-refractivity contribution in [1.82, 2.24) is 4.98 Å². The standard InChI is InChI=1S/C17H19NO/c1-12-5-4-10-18-17(12)15-9-8-14(19-2)11-16(15)13-6-3-7-13/h4-5,8-11,13H,3,6-7H2,1-2H3.